The standard InChI is InChI=1S/C11H20N2O.C10H15N3O.C10H16N2O2.C9H17NO2.C8H13F2NO.C7H13NO2.C5H8O2/c1-3-11(14)13-5-4-9-6-12(2)7-10(9)8-13;1-3-10(14)13-5-4-8-9(6-13)12-7(2)11-8;1-2-9(13)11-5-6-12-8(7-11)3-4-10(12)14;1-3-9(11)10-6-4-8(12-2)5-7-10;1-2-7(12)11-5-3-8(9,10)4-6-11;1-2-7(9)8-3-5-10-6-4-8;1-4-2-3-7-5(4)6/h9-10H,3-8H2,1-2H3;3-6H2,1-2H3,(H,11,12);8H,2-7H2,1H3;8H,3-7H2,1-2H3;2-6H2,1H3;2-6H2,1H3;4H,2-3H2,1H3. The quantitative estimate of drug-likeness (QED) is 0.331. The van der Waals surface area contributed by atoms with Gasteiger partial charge in [0.05, 0.1) is 49.8 Å². The number of morpholine rings is 1. The molecule has 83 heavy (non-hydrogen) atoms. The van der Waals surface area contributed by atoms with Crippen molar-refractivity contribution in [3.8, 4) is 0 Å². The summed E-state index contributed by atoms with van der Waals surface area (Å²) in [6, 6.07) is 0.298. The van der Waals surface area contributed by atoms with Crippen LogP contribution < -0.4 is 0 Å². The number of rotatable bonds is 7. The topological polar surface area (TPSA) is 219 Å². The van der Waals surface area contributed by atoms with Crippen LogP contribution in [-0.2, 0) is 65.5 Å². The summed E-state index contributed by atoms with van der Waals surface area (Å²) in [5.41, 5.74) is 2.23. The molecule has 9 aliphatic rings. The van der Waals surface area contributed by atoms with Crippen LogP contribution in [0.25, 0.3) is 0 Å². The van der Waals surface area contributed by atoms with Crippen LogP contribution in [0, 0.1) is 24.7 Å². The summed E-state index contributed by atoms with van der Waals surface area (Å²) >= 11 is 0. The lowest BCUT2D eigenvalue weighted by Gasteiger charge is -2.37. The van der Waals surface area contributed by atoms with Crippen LogP contribution in [0.1, 0.15) is 156 Å². The molecule has 7 amide bonds. The number of aryl methyl sites for hydroxylation is 1. The zero-order chi connectivity index (χ0) is 61.2. The van der Waals surface area contributed by atoms with Gasteiger partial charge in [-0.25, -0.2) is 13.8 Å². The maximum Gasteiger partial charge on any atom is 0.308 e. The van der Waals surface area contributed by atoms with Gasteiger partial charge in [-0.05, 0) is 57.9 Å². The Morgan fingerprint density at radius 1 is 0.590 bits per heavy atom. The van der Waals surface area contributed by atoms with Crippen molar-refractivity contribution in [3.63, 3.8) is 0 Å². The highest BCUT2D eigenvalue weighted by atomic mass is 19.3. The SMILES string of the molecule is CC1CCOC1=O.CCC(=O)N1CCC(F)(F)CC1.CCC(=O)N1CCC(OC)CC1.CCC(=O)N1CCC2CN(C)CC2C1.CCC(=O)N1CCN2C(=O)CCC2C1.CCC(=O)N1CCOCC1.CCC(=O)N1CCc2nc(C)[nH]c2C1. The number of nitrogens with zero attached hydrogens (tertiary/aromatic N) is 9. The number of imidazole rings is 1. The number of methoxy groups -OCH3 is 1. The van der Waals surface area contributed by atoms with Crippen molar-refractivity contribution in [2.45, 2.75) is 176 Å². The van der Waals surface area contributed by atoms with Crippen molar-refractivity contribution in [3.05, 3.63) is 17.2 Å². The summed E-state index contributed by atoms with van der Waals surface area (Å²) < 4.78 is 40.2. The number of esters is 1. The number of piperidine rings is 3. The molecule has 0 aliphatic carbocycles. The highest BCUT2D eigenvalue weighted by Gasteiger charge is 2.38. The molecule has 21 nitrogen and oxygen atoms in total. The first-order valence-corrected chi connectivity index (χ1v) is 30.9. The molecule has 23 heteroatoms. The van der Waals surface area contributed by atoms with Gasteiger partial charge in [-0.2, -0.15) is 0 Å². The number of carbonyl (C=O) groups excluding carboxylic acids is 8. The predicted octanol–water partition coefficient (Wildman–Crippen LogP) is 5.56. The van der Waals surface area contributed by atoms with E-state index >= 15 is 0 Å². The molecule has 1 aromatic heterocycles. The molecule has 0 aromatic carbocycles. The van der Waals surface area contributed by atoms with Crippen LogP contribution in [0.2, 0.25) is 0 Å². The number of aromatic nitrogens is 2. The van der Waals surface area contributed by atoms with Crippen molar-refractivity contribution in [2.75, 3.05) is 126 Å². The highest BCUT2D eigenvalue weighted by molar-refractivity contribution is 5.81. The van der Waals surface area contributed by atoms with E-state index < -0.39 is 5.92 Å². The number of hydrogen-bond acceptors (Lipinski definition) is 13. The number of hydrogen-bond donors (Lipinski definition) is 1. The smallest absolute Gasteiger partial charge is 0.308 e. The van der Waals surface area contributed by atoms with Gasteiger partial charge < -0.3 is 58.4 Å². The highest BCUT2D eigenvalue weighted by Crippen LogP contribution is 2.31. The van der Waals surface area contributed by atoms with E-state index in [2.05, 4.69) is 31.6 Å². The molecule has 0 radical (unpaired) electrons. The normalized spacial score (nSPS) is 23.6. The first-order chi connectivity index (χ1) is 39.6. The molecule has 0 spiro atoms. The number of likely N-dealkylation sites (tertiary alicyclic amines) is 4. The molecule has 8 fully saturated rings. The van der Waals surface area contributed by atoms with Crippen molar-refractivity contribution in [2.24, 2.45) is 17.8 Å². The third-order valence-electron chi connectivity index (χ3n) is 16.8. The molecular formula is C60H102F2N10O11. The number of fused-ring (bicyclic) bond motifs is 3. The van der Waals surface area contributed by atoms with Gasteiger partial charge in [0, 0.05) is 169 Å². The first-order valence-electron chi connectivity index (χ1n) is 30.9. The van der Waals surface area contributed by atoms with E-state index in [-0.39, 0.29) is 73.3 Å². The van der Waals surface area contributed by atoms with Crippen LogP contribution in [0.4, 0.5) is 8.78 Å². The average Bonchev–Trinajstić information content (AvgIpc) is 4.52. The van der Waals surface area contributed by atoms with E-state index in [1.807, 2.05) is 73.0 Å². The number of H-pyrrole nitrogens is 1. The van der Waals surface area contributed by atoms with Crippen molar-refractivity contribution < 1.29 is 61.3 Å². The second kappa shape index (κ2) is 35.9. The fourth-order valence-electron chi connectivity index (χ4n) is 11.5. The predicted molar refractivity (Wildman–Crippen MR) is 311 cm³/mol. The molecule has 472 valence electrons. The Kier molecular flexibility index (Phi) is 30.3. The van der Waals surface area contributed by atoms with Gasteiger partial charge in [-0.1, -0.05) is 48.5 Å². The molecule has 10 rings (SSSR count). The summed E-state index contributed by atoms with van der Waals surface area (Å²) in [6.45, 7) is 28.9. The van der Waals surface area contributed by atoms with Crippen molar-refractivity contribution >= 4 is 47.3 Å². The van der Waals surface area contributed by atoms with Crippen LogP contribution in [0.5, 0.6) is 0 Å². The number of aromatic amines is 1. The minimum atomic E-state index is -2.55. The van der Waals surface area contributed by atoms with E-state index in [1.54, 1.807) is 14.0 Å². The Morgan fingerprint density at radius 3 is 1.61 bits per heavy atom. The zero-order valence-corrected chi connectivity index (χ0v) is 52.0. The fraction of sp³-hybridized carbons (Fsp3) is 0.817. The Labute approximate surface area is 493 Å². The molecule has 0 saturated carbocycles. The fourth-order valence-corrected chi connectivity index (χ4v) is 11.5. The zero-order valence-electron chi connectivity index (χ0n) is 52.0. The van der Waals surface area contributed by atoms with Crippen LogP contribution >= 0.6 is 0 Å². The Hall–Kier alpha value is -5.29. The number of piperazine rings is 1. The van der Waals surface area contributed by atoms with E-state index in [4.69, 9.17) is 9.47 Å². The van der Waals surface area contributed by atoms with Crippen LogP contribution in [-0.4, -0.2) is 240 Å². The lowest BCUT2D eigenvalue weighted by molar-refractivity contribution is -0.141. The molecule has 1 N–H and O–H groups in total. The number of amides is 7. The molecular weight excluding hydrogens is 1070 g/mol. The maximum absolute atomic E-state index is 12.6. The monoisotopic (exact) mass is 1180 g/mol. The summed E-state index contributed by atoms with van der Waals surface area (Å²) in [4.78, 5) is 113. The molecule has 9 aliphatic heterocycles. The van der Waals surface area contributed by atoms with Gasteiger partial charge in [0.1, 0.15) is 5.82 Å². The third-order valence-corrected chi connectivity index (χ3v) is 16.8. The second-order valence-electron chi connectivity index (χ2n) is 22.8. The molecule has 0 bridgehead atoms. The number of carbonyl (C=O) groups is 8. The summed E-state index contributed by atoms with van der Waals surface area (Å²) in [7, 11) is 3.92. The van der Waals surface area contributed by atoms with E-state index in [0.717, 1.165) is 127 Å². The summed E-state index contributed by atoms with van der Waals surface area (Å²) in [5.74, 6) is 1.61. The summed E-state index contributed by atoms with van der Waals surface area (Å²) in [6.07, 6.45) is 10.0. The minimum Gasteiger partial charge on any atom is -0.465 e. The second-order valence-corrected chi connectivity index (χ2v) is 22.8. The number of cyclic esters (lactones) is 1. The van der Waals surface area contributed by atoms with Gasteiger partial charge in [0.25, 0.3) is 5.92 Å². The van der Waals surface area contributed by atoms with Gasteiger partial charge >= 0.3 is 5.97 Å². The molecule has 4 unspecified atom stereocenters. The van der Waals surface area contributed by atoms with Gasteiger partial charge in [0.2, 0.25) is 41.4 Å². The largest absolute Gasteiger partial charge is 0.465 e. The molecule has 8 saturated heterocycles. The number of nitrogens with one attached hydrogen (secondary N) is 1. The third kappa shape index (κ3) is 22.9. The van der Waals surface area contributed by atoms with Gasteiger partial charge in [-0.15, -0.1) is 0 Å². The average molecular weight is 1180 g/mol. The number of ether oxygens (including phenoxy) is 3. The van der Waals surface area contributed by atoms with Crippen molar-refractivity contribution in [1.29, 1.82) is 0 Å². The van der Waals surface area contributed by atoms with E-state index in [9.17, 15) is 47.1 Å². The minimum absolute atomic E-state index is 0.0227. The summed E-state index contributed by atoms with van der Waals surface area (Å²) in [5, 5.41) is 0. The Balaban J connectivity index is 0.000000210. The molecule has 10 heterocycles. The Morgan fingerprint density at radius 2 is 1.10 bits per heavy atom. The van der Waals surface area contributed by atoms with Gasteiger partial charge in [0.15, 0.2) is 0 Å². The van der Waals surface area contributed by atoms with Crippen LogP contribution in [0.3, 0.4) is 0 Å². The Bertz CT molecular complexity index is 2210. The molecule has 4 atom stereocenters. The van der Waals surface area contributed by atoms with E-state index in [0.29, 0.717) is 89.4 Å². The van der Waals surface area contributed by atoms with E-state index in [1.165, 1.54) is 24.4 Å². The lowest BCUT2D eigenvalue weighted by atomic mass is 9.88. The van der Waals surface area contributed by atoms with Gasteiger partial charge in [-0.3, -0.25) is 38.4 Å². The number of alkyl halides is 2. The van der Waals surface area contributed by atoms with Crippen LogP contribution in [0.15, 0.2) is 0 Å². The first kappa shape index (κ1) is 70.2. The maximum atomic E-state index is 12.6. The lowest BCUT2D eigenvalue weighted by Crippen LogP contribution is -2.53. The number of halogens is 2. The molecule has 1 aromatic rings. The van der Waals surface area contributed by atoms with Crippen molar-refractivity contribution in [1.82, 2.24) is 49.2 Å².